The third kappa shape index (κ3) is 3.38. The van der Waals surface area contributed by atoms with Gasteiger partial charge in [0.2, 0.25) is 0 Å². The molecule has 2 N–H and O–H groups in total. The van der Waals surface area contributed by atoms with Crippen molar-refractivity contribution < 1.29 is 24.5 Å². The zero-order valence-electron chi connectivity index (χ0n) is 11.7. The van der Waals surface area contributed by atoms with Crippen molar-refractivity contribution in [2.24, 2.45) is 0 Å². The molecule has 0 aromatic heterocycles. The lowest BCUT2D eigenvalue weighted by molar-refractivity contribution is 0.0600. The summed E-state index contributed by atoms with van der Waals surface area (Å²) in [5.74, 6) is -1.44. The molecule has 0 aliphatic carbocycles. The average Bonchev–Trinajstić information content (AvgIpc) is 2.50. The van der Waals surface area contributed by atoms with Gasteiger partial charge in [0, 0.05) is 12.5 Å². The molecule has 2 rings (SSSR count). The molecule has 0 heterocycles. The van der Waals surface area contributed by atoms with E-state index in [2.05, 4.69) is 4.74 Å². The van der Waals surface area contributed by atoms with Crippen LogP contribution in [0.25, 0.3) is 0 Å². The van der Waals surface area contributed by atoms with Crippen molar-refractivity contribution in [2.75, 3.05) is 7.11 Å². The van der Waals surface area contributed by atoms with Crippen molar-refractivity contribution in [2.45, 2.75) is 6.42 Å². The highest BCUT2D eigenvalue weighted by molar-refractivity contribution is 6.32. The number of phenolic OH excluding ortho intramolecular Hbond substituents is 2. The summed E-state index contributed by atoms with van der Waals surface area (Å²) in [5.41, 5.74) is 1.08. The van der Waals surface area contributed by atoms with Gasteiger partial charge in [-0.3, -0.25) is 4.79 Å². The number of methoxy groups -OCH3 is 1. The number of phenols is 2. The molecule has 114 valence electrons. The molecule has 0 fully saturated rings. The van der Waals surface area contributed by atoms with Crippen molar-refractivity contribution in [1.29, 1.82) is 0 Å². The summed E-state index contributed by atoms with van der Waals surface area (Å²) < 4.78 is 4.59. The molecule has 0 radical (unpaired) electrons. The first-order chi connectivity index (χ1) is 10.4. The predicted molar refractivity (Wildman–Crippen MR) is 80.6 cm³/mol. The normalized spacial score (nSPS) is 10.3. The summed E-state index contributed by atoms with van der Waals surface area (Å²) in [7, 11) is 1.29. The summed E-state index contributed by atoms with van der Waals surface area (Å²) >= 11 is 5.74. The van der Waals surface area contributed by atoms with Crippen molar-refractivity contribution in [3.8, 4) is 11.5 Å². The Morgan fingerprint density at radius 1 is 1.09 bits per heavy atom. The first kappa shape index (κ1) is 15.9. The molecule has 0 aliphatic heterocycles. The van der Waals surface area contributed by atoms with Gasteiger partial charge < -0.3 is 14.9 Å². The maximum absolute atomic E-state index is 12.2. The largest absolute Gasteiger partial charge is 0.507 e. The SMILES string of the molecule is COC(=O)c1ccc(CC(=O)c2cc(Cl)c(O)cc2O)cc1. The number of esters is 1. The van der Waals surface area contributed by atoms with Crippen LogP contribution < -0.4 is 0 Å². The van der Waals surface area contributed by atoms with Gasteiger partial charge >= 0.3 is 5.97 Å². The number of halogens is 1. The maximum Gasteiger partial charge on any atom is 0.337 e. The van der Waals surface area contributed by atoms with E-state index < -0.39 is 5.97 Å². The van der Waals surface area contributed by atoms with E-state index >= 15 is 0 Å². The van der Waals surface area contributed by atoms with Crippen LogP contribution in [0.1, 0.15) is 26.3 Å². The molecule has 0 unspecified atom stereocenters. The minimum Gasteiger partial charge on any atom is -0.507 e. The Kier molecular flexibility index (Phi) is 4.68. The van der Waals surface area contributed by atoms with Crippen LogP contribution in [-0.4, -0.2) is 29.1 Å². The van der Waals surface area contributed by atoms with E-state index in [9.17, 15) is 19.8 Å². The molecule has 0 bridgehead atoms. The van der Waals surface area contributed by atoms with Crippen LogP contribution in [0.4, 0.5) is 0 Å². The van der Waals surface area contributed by atoms with Gasteiger partial charge in [0.05, 0.1) is 23.3 Å². The van der Waals surface area contributed by atoms with Gasteiger partial charge in [0.15, 0.2) is 5.78 Å². The summed E-state index contributed by atoms with van der Waals surface area (Å²) in [6.07, 6.45) is 0.0239. The van der Waals surface area contributed by atoms with Crippen LogP contribution in [0.5, 0.6) is 11.5 Å². The molecule has 5 nitrogen and oxygen atoms in total. The first-order valence-corrected chi connectivity index (χ1v) is 6.72. The fourth-order valence-electron chi connectivity index (χ4n) is 1.93. The van der Waals surface area contributed by atoms with Crippen molar-refractivity contribution in [3.63, 3.8) is 0 Å². The van der Waals surface area contributed by atoms with Gasteiger partial charge in [-0.25, -0.2) is 4.79 Å². The third-order valence-electron chi connectivity index (χ3n) is 3.11. The number of hydrogen-bond donors (Lipinski definition) is 2. The molecule has 2 aromatic carbocycles. The molecule has 0 saturated carbocycles. The number of aromatic hydroxyl groups is 2. The molecular formula is C16H13ClO5. The van der Waals surface area contributed by atoms with E-state index in [0.29, 0.717) is 11.1 Å². The first-order valence-electron chi connectivity index (χ1n) is 6.34. The Morgan fingerprint density at radius 3 is 2.32 bits per heavy atom. The van der Waals surface area contributed by atoms with Crippen molar-refractivity contribution in [3.05, 3.63) is 58.1 Å². The lowest BCUT2D eigenvalue weighted by atomic mass is 10.0. The van der Waals surface area contributed by atoms with Crippen LogP contribution >= 0.6 is 11.6 Å². The van der Waals surface area contributed by atoms with Crippen LogP contribution in [0.2, 0.25) is 5.02 Å². The number of carbonyl (C=O) groups is 2. The zero-order valence-corrected chi connectivity index (χ0v) is 12.4. The Labute approximate surface area is 131 Å². The number of hydrogen-bond acceptors (Lipinski definition) is 5. The van der Waals surface area contributed by atoms with Gasteiger partial charge in [-0.2, -0.15) is 0 Å². The van der Waals surface area contributed by atoms with E-state index in [4.69, 9.17) is 11.6 Å². The highest BCUT2D eigenvalue weighted by atomic mass is 35.5. The van der Waals surface area contributed by atoms with Gasteiger partial charge in [0.25, 0.3) is 0 Å². The zero-order chi connectivity index (χ0) is 16.3. The van der Waals surface area contributed by atoms with Gasteiger partial charge in [-0.1, -0.05) is 23.7 Å². The Morgan fingerprint density at radius 2 is 1.73 bits per heavy atom. The lowest BCUT2D eigenvalue weighted by Crippen LogP contribution is -2.05. The van der Waals surface area contributed by atoms with Crippen LogP contribution in [0, 0.1) is 0 Å². The van der Waals surface area contributed by atoms with Gasteiger partial charge in [-0.05, 0) is 23.8 Å². The Balaban J connectivity index is 2.19. The summed E-state index contributed by atoms with van der Waals surface area (Å²) in [6, 6.07) is 8.61. The number of benzene rings is 2. The quantitative estimate of drug-likeness (QED) is 0.668. The number of carbonyl (C=O) groups excluding carboxylic acids is 2. The second-order valence-electron chi connectivity index (χ2n) is 4.61. The number of Topliss-reactive ketones (excluding diaryl/α,β-unsaturated/α-hetero) is 1. The summed E-state index contributed by atoms with van der Waals surface area (Å²) in [6.45, 7) is 0. The Hall–Kier alpha value is -2.53. The standard InChI is InChI=1S/C16H13ClO5/c1-22-16(21)10-4-2-9(3-5-10)6-13(18)11-7-12(17)15(20)8-14(11)19/h2-5,7-8,19-20H,6H2,1H3. The third-order valence-corrected chi connectivity index (χ3v) is 3.41. The van der Waals surface area contributed by atoms with Gasteiger partial charge in [0.1, 0.15) is 11.5 Å². The smallest absolute Gasteiger partial charge is 0.337 e. The van der Waals surface area contributed by atoms with E-state index in [1.807, 2.05) is 0 Å². The maximum atomic E-state index is 12.2. The van der Waals surface area contributed by atoms with E-state index in [1.54, 1.807) is 24.3 Å². The minimum atomic E-state index is -0.458. The molecule has 2 aromatic rings. The molecule has 0 aliphatic rings. The van der Waals surface area contributed by atoms with Crippen LogP contribution in [0.3, 0.4) is 0 Å². The fraction of sp³-hybridized carbons (Fsp3) is 0.125. The number of ketones is 1. The fourth-order valence-corrected chi connectivity index (χ4v) is 2.09. The second kappa shape index (κ2) is 6.49. The monoisotopic (exact) mass is 320 g/mol. The minimum absolute atomic E-state index is 0.0119. The molecule has 0 atom stereocenters. The molecule has 22 heavy (non-hydrogen) atoms. The van der Waals surface area contributed by atoms with Crippen LogP contribution in [-0.2, 0) is 11.2 Å². The summed E-state index contributed by atoms with van der Waals surface area (Å²) in [5, 5.41) is 19.1. The summed E-state index contributed by atoms with van der Waals surface area (Å²) in [4.78, 5) is 23.5. The molecule has 6 heteroatoms. The molecular weight excluding hydrogens is 308 g/mol. The molecule has 0 amide bonds. The predicted octanol–water partition coefficient (Wildman–Crippen LogP) is 2.96. The number of rotatable bonds is 4. The lowest BCUT2D eigenvalue weighted by Gasteiger charge is -2.07. The van der Waals surface area contributed by atoms with E-state index in [0.717, 1.165) is 6.07 Å². The van der Waals surface area contributed by atoms with E-state index in [1.165, 1.54) is 13.2 Å². The van der Waals surface area contributed by atoms with Crippen molar-refractivity contribution >= 4 is 23.4 Å². The Bertz CT molecular complexity index is 722. The van der Waals surface area contributed by atoms with Crippen molar-refractivity contribution in [1.82, 2.24) is 0 Å². The molecule has 0 spiro atoms. The highest BCUT2D eigenvalue weighted by Crippen LogP contribution is 2.31. The number of ether oxygens (including phenoxy) is 1. The average molecular weight is 321 g/mol. The van der Waals surface area contributed by atoms with Crippen LogP contribution in [0.15, 0.2) is 36.4 Å². The van der Waals surface area contributed by atoms with E-state index in [-0.39, 0.29) is 34.3 Å². The highest BCUT2D eigenvalue weighted by Gasteiger charge is 2.15. The van der Waals surface area contributed by atoms with Gasteiger partial charge in [-0.15, -0.1) is 0 Å². The second-order valence-corrected chi connectivity index (χ2v) is 5.02. The molecule has 0 saturated heterocycles. The topological polar surface area (TPSA) is 83.8 Å².